The summed E-state index contributed by atoms with van der Waals surface area (Å²) in [6.45, 7) is 7.60. The SMILES string of the molecule is CCCCOc1ccc(C(CC(C)CCC)NC)cc1. The summed E-state index contributed by atoms with van der Waals surface area (Å²) >= 11 is 0. The van der Waals surface area contributed by atoms with Crippen LogP contribution >= 0.6 is 0 Å². The molecular weight excluding hydrogens is 246 g/mol. The van der Waals surface area contributed by atoms with Crippen LogP contribution < -0.4 is 10.1 Å². The summed E-state index contributed by atoms with van der Waals surface area (Å²) in [5.41, 5.74) is 1.36. The number of rotatable bonds is 10. The first-order chi connectivity index (χ1) is 9.71. The molecule has 0 saturated heterocycles. The van der Waals surface area contributed by atoms with Gasteiger partial charge in [0, 0.05) is 6.04 Å². The molecule has 0 bridgehead atoms. The van der Waals surface area contributed by atoms with Crippen molar-refractivity contribution in [1.82, 2.24) is 5.32 Å². The van der Waals surface area contributed by atoms with Crippen LogP contribution in [0, 0.1) is 5.92 Å². The van der Waals surface area contributed by atoms with E-state index in [4.69, 9.17) is 4.74 Å². The normalized spacial score (nSPS) is 14.0. The predicted molar refractivity (Wildman–Crippen MR) is 87.3 cm³/mol. The van der Waals surface area contributed by atoms with Gasteiger partial charge in [-0.05, 0) is 43.5 Å². The Kier molecular flexibility index (Phi) is 8.36. The van der Waals surface area contributed by atoms with E-state index in [0.717, 1.165) is 24.7 Å². The van der Waals surface area contributed by atoms with Crippen LogP contribution in [0.25, 0.3) is 0 Å². The maximum Gasteiger partial charge on any atom is 0.119 e. The van der Waals surface area contributed by atoms with Gasteiger partial charge in [-0.25, -0.2) is 0 Å². The Morgan fingerprint density at radius 3 is 2.35 bits per heavy atom. The van der Waals surface area contributed by atoms with Crippen molar-refractivity contribution in [3.63, 3.8) is 0 Å². The summed E-state index contributed by atoms with van der Waals surface area (Å²) in [6.07, 6.45) is 6.06. The van der Waals surface area contributed by atoms with E-state index in [0.29, 0.717) is 6.04 Å². The van der Waals surface area contributed by atoms with Crippen LogP contribution in [-0.2, 0) is 0 Å². The molecule has 0 aliphatic heterocycles. The highest BCUT2D eigenvalue weighted by Gasteiger charge is 2.13. The summed E-state index contributed by atoms with van der Waals surface area (Å²) in [5.74, 6) is 1.75. The van der Waals surface area contributed by atoms with E-state index >= 15 is 0 Å². The van der Waals surface area contributed by atoms with E-state index in [9.17, 15) is 0 Å². The number of ether oxygens (including phenoxy) is 1. The van der Waals surface area contributed by atoms with E-state index < -0.39 is 0 Å². The van der Waals surface area contributed by atoms with Crippen LogP contribution in [0.3, 0.4) is 0 Å². The van der Waals surface area contributed by atoms with Crippen molar-refractivity contribution >= 4 is 0 Å². The van der Waals surface area contributed by atoms with Crippen LogP contribution in [-0.4, -0.2) is 13.7 Å². The number of benzene rings is 1. The topological polar surface area (TPSA) is 21.3 Å². The van der Waals surface area contributed by atoms with Gasteiger partial charge in [-0.15, -0.1) is 0 Å². The number of unbranched alkanes of at least 4 members (excludes halogenated alkanes) is 1. The van der Waals surface area contributed by atoms with Gasteiger partial charge in [-0.1, -0.05) is 52.2 Å². The zero-order chi connectivity index (χ0) is 14.8. The average Bonchev–Trinajstić information content (AvgIpc) is 2.46. The maximum absolute atomic E-state index is 5.71. The molecule has 1 aromatic rings. The van der Waals surface area contributed by atoms with Crippen molar-refractivity contribution in [3.8, 4) is 5.75 Å². The molecule has 1 aromatic carbocycles. The molecule has 0 aromatic heterocycles. The summed E-state index contributed by atoms with van der Waals surface area (Å²) in [7, 11) is 2.05. The van der Waals surface area contributed by atoms with Crippen molar-refractivity contribution in [2.24, 2.45) is 5.92 Å². The predicted octanol–water partition coefficient (Wildman–Crippen LogP) is 4.95. The molecule has 0 heterocycles. The fourth-order valence-corrected chi connectivity index (χ4v) is 2.56. The molecular formula is C18H31NO. The lowest BCUT2D eigenvalue weighted by Gasteiger charge is -2.21. The monoisotopic (exact) mass is 277 g/mol. The molecule has 1 N–H and O–H groups in total. The van der Waals surface area contributed by atoms with Crippen molar-refractivity contribution < 1.29 is 4.74 Å². The zero-order valence-corrected chi connectivity index (χ0v) is 13.6. The van der Waals surface area contributed by atoms with Crippen molar-refractivity contribution in [2.45, 2.75) is 58.9 Å². The number of hydrogen-bond acceptors (Lipinski definition) is 2. The summed E-state index contributed by atoms with van der Waals surface area (Å²) in [6, 6.07) is 9.03. The van der Waals surface area contributed by atoms with Gasteiger partial charge in [-0.2, -0.15) is 0 Å². The second-order valence-corrected chi connectivity index (χ2v) is 5.74. The Balaban J connectivity index is 2.55. The average molecular weight is 277 g/mol. The Labute approximate surface area is 124 Å². The van der Waals surface area contributed by atoms with E-state index in [2.05, 4.69) is 57.4 Å². The lowest BCUT2D eigenvalue weighted by molar-refractivity contribution is 0.309. The fourth-order valence-electron chi connectivity index (χ4n) is 2.56. The molecule has 2 heteroatoms. The van der Waals surface area contributed by atoms with Gasteiger partial charge in [0.05, 0.1) is 6.61 Å². The van der Waals surface area contributed by atoms with Gasteiger partial charge >= 0.3 is 0 Å². The summed E-state index contributed by atoms with van der Waals surface area (Å²) in [4.78, 5) is 0. The molecule has 0 spiro atoms. The third-order valence-corrected chi connectivity index (χ3v) is 3.82. The molecule has 1 rings (SSSR count). The van der Waals surface area contributed by atoms with E-state index in [1.165, 1.54) is 31.2 Å². The van der Waals surface area contributed by atoms with Crippen LogP contribution in [0.4, 0.5) is 0 Å². The largest absolute Gasteiger partial charge is 0.494 e. The van der Waals surface area contributed by atoms with Gasteiger partial charge in [0.1, 0.15) is 5.75 Å². The molecule has 20 heavy (non-hydrogen) atoms. The van der Waals surface area contributed by atoms with Gasteiger partial charge in [0.25, 0.3) is 0 Å². The standard InChI is InChI=1S/C18H31NO/c1-5-7-13-20-17-11-9-16(10-12-17)18(19-4)14-15(3)8-6-2/h9-12,15,18-19H,5-8,13-14H2,1-4H3. The minimum Gasteiger partial charge on any atom is -0.494 e. The van der Waals surface area contributed by atoms with Crippen LogP contribution in [0.5, 0.6) is 5.75 Å². The minimum absolute atomic E-state index is 0.446. The quantitative estimate of drug-likeness (QED) is 0.611. The maximum atomic E-state index is 5.71. The van der Waals surface area contributed by atoms with Crippen molar-refractivity contribution in [3.05, 3.63) is 29.8 Å². The van der Waals surface area contributed by atoms with Crippen LogP contribution in [0.1, 0.15) is 64.5 Å². The molecule has 2 atom stereocenters. The van der Waals surface area contributed by atoms with Gasteiger partial charge in [0.15, 0.2) is 0 Å². The van der Waals surface area contributed by atoms with Gasteiger partial charge < -0.3 is 10.1 Å². The smallest absolute Gasteiger partial charge is 0.119 e. The Bertz CT molecular complexity index is 347. The lowest BCUT2D eigenvalue weighted by atomic mass is 9.93. The highest BCUT2D eigenvalue weighted by Crippen LogP contribution is 2.25. The minimum atomic E-state index is 0.446. The highest BCUT2D eigenvalue weighted by atomic mass is 16.5. The molecule has 114 valence electrons. The zero-order valence-electron chi connectivity index (χ0n) is 13.6. The van der Waals surface area contributed by atoms with Crippen LogP contribution in [0.2, 0.25) is 0 Å². The lowest BCUT2D eigenvalue weighted by Crippen LogP contribution is -2.19. The molecule has 2 unspecified atom stereocenters. The summed E-state index contributed by atoms with van der Waals surface area (Å²) in [5, 5.41) is 3.44. The Hall–Kier alpha value is -1.02. The van der Waals surface area contributed by atoms with Gasteiger partial charge in [0.2, 0.25) is 0 Å². The first-order valence-corrected chi connectivity index (χ1v) is 8.11. The molecule has 2 nitrogen and oxygen atoms in total. The van der Waals surface area contributed by atoms with Gasteiger partial charge in [-0.3, -0.25) is 0 Å². The highest BCUT2D eigenvalue weighted by molar-refractivity contribution is 5.29. The number of hydrogen-bond donors (Lipinski definition) is 1. The molecule has 0 amide bonds. The van der Waals surface area contributed by atoms with Crippen molar-refractivity contribution in [2.75, 3.05) is 13.7 Å². The third-order valence-electron chi connectivity index (χ3n) is 3.82. The third kappa shape index (κ3) is 5.96. The second-order valence-electron chi connectivity index (χ2n) is 5.74. The molecule has 0 aliphatic rings. The van der Waals surface area contributed by atoms with Crippen LogP contribution in [0.15, 0.2) is 24.3 Å². The summed E-state index contributed by atoms with van der Waals surface area (Å²) < 4.78 is 5.71. The number of nitrogens with one attached hydrogen (secondary N) is 1. The second kappa shape index (κ2) is 9.82. The van der Waals surface area contributed by atoms with E-state index in [1.807, 2.05) is 0 Å². The van der Waals surface area contributed by atoms with E-state index in [-0.39, 0.29) is 0 Å². The molecule has 0 aliphatic carbocycles. The Morgan fingerprint density at radius 1 is 1.10 bits per heavy atom. The first kappa shape index (κ1) is 17.0. The fraction of sp³-hybridized carbons (Fsp3) is 0.667. The molecule has 0 fully saturated rings. The van der Waals surface area contributed by atoms with Crippen molar-refractivity contribution in [1.29, 1.82) is 0 Å². The molecule has 0 saturated carbocycles. The first-order valence-electron chi connectivity index (χ1n) is 8.11. The Morgan fingerprint density at radius 2 is 1.80 bits per heavy atom. The molecule has 0 radical (unpaired) electrons. The van der Waals surface area contributed by atoms with E-state index in [1.54, 1.807) is 0 Å².